The average molecular weight is 178 g/mol. The first-order valence-electron chi connectivity index (χ1n) is 4.14. The van der Waals surface area contributed by atoms with Gasteiger partial charge in [-0.1, -0.05) is 20.8 Å². The van der Waals surface area contributed by atoms with Crippen LogP contribution in [0, 0.1) is 5.41 Å². The van der Waals surface area contributed by atoms with Gasteiger partial charge in [0.15, 0.2) is 0 Å². The zero-order valence-corrected chi connectivity index (χ0v) is 8.61. The van der Waals surface area contributed by atoms with Crippen LogP contribution in [0.2, 0.25) is 0 Å². The van der Waals surface area contributed by atoms with Crippen LogP contribution >= 0.6 is 11.6 Å². The van der Waals surface area contributed by atoms with Gasteiger partial charge in [-0.25, -0.2) is 5.11 Å². The second kappa shape index (κ2) is 4.32. The molecule has 2 heteroatoms. The second-order valence-electron chi connectivity index (χ2n) is 4.21. The summed E-state index contributed by atoms with van der Waals surface area (Å²) in [7, 11) is 0. The quantitative estimate of drug-likeness (QED) is 0.590. The summed E-state index contributed by atoms with van der Waals surface area (Å²) in [6.45, 7) is 7.85. The molecule has 67 valence electrons. The smallest absolute Gasteiger partial charge is 0.0978 e. The standard InChI is InChI=1S/C9H18ClO/c1-7(10)5-6-8(11)9(2,3)4/h7-8H,5-6H2,1-4H3. The molecule has 0 aliphatic carbocycles. The van der Waals surface area contributed by atoms with E-state index in [1.165, 1.54) is 0 Å². The molecule has 0 aliphatic heterocycles. The normalized spacial score (nSPS) is 18.0. The van der Waals surface area contributed by atoms with Crippen molar-refractivity contribution in [2.24, 2.45) is 5.41 Å². The molecule has 0 aromatic rings. The summed E-state index contributed by atoms with van der Waals surface area (Å²) in [6.07, 6.45) is 1.03. The Kier molecular flexibility index (Phi) is 4.42. The second-order valence-corrected chi connectivity index (χ2v) is 4.96. The van der Waals surface area contributed by atoms with Gasteiger partial charge in [0.1, 0.15) is 0 Å². The fourth-order valence-electron chi connectivity index (χ4n) is 0.814. The van der Waals surface area contributed by atoms with Crippen molar-refractivity contribution >= 4 is 11.6 Å². The maximum absolute atomic E-state index is 11.4. The molecular weight excluding hydrogens is 160 g/mol. The number of rotatable bonds is 3. The first-order chi connectivity index (χ1) is 4.84. The van der Waals surface area contributed by atoms with Crippen LogP contribution in [0.4, 0.5) is 0 Å². The van der Waals surface area contributed by atoms with Crippen LogP contribution in [0.25, 0.3) is 0 Å². The van der Waals surface area contributed by atoms with Gasteiger partial charge >= 0.3 is 0 Å². The molecule has 0 heterocycles. The van der Waals surface area contributed by atoms with Crippen molar-refractivity contribution in [2.75, 3.05) is 0 Å². The van der Waals surface area contributed by atoms with Crippen LogP contribution in [0.5, 0.6) is 0 Å². The van der Waals surface area contributed by atoms with E-state index >= 15 is 0 Å². The monoisotopic (exact) mass is 177 g/mol. The molecule has 2 unspecified atom stereocenters. The van der Waals surface area contributed by atoms with E-state index in [0.717, 1.165) is 6.42 Å². The minimum absolute atomic E-state index is 0.119. The Labute approximate surface area is 74.8 Å². The van der Waals surface area contributed by atoms with Crippen LogP contribution in [0.3, 0.4) is 0 Å². The van der Waals surface area contributed by atoms with Gasteiger partial charge in [0.2, 0.25) is 0 Å². The Morgan fingerprint density at radius 3 is 2.00 bits per heavy atom. The minimum atomic E-state index is -0.483. The van der Waals surface area contributed by atoms with E-state index in [1.54, 1.807) is 0 Å². The van der Waals surface area contributed by atoms with E-state index in [9.17, 15) is 5.11 Å². The lowest BCUT2D eigenvalue weighted by molar-refractivity contribution is -0.00667. The zero-order valence-electron chi connectivity index (χ0n) is 7.86. The van der Waals surface area contributed by atoms with Crippen LogP contribution in [-0.2, 0) is 5.11 Å². The Morgan fingerprint density at radius 1 is 1.27 bits per heavy atom. The van der Waals surface area contributed by atoms with E-state index in [-0.39, 0.29) is 10.8 Å². The molecular formula is C9H18ClO. The van der Waals surface area contributed by atoms with Gasteiger partial charge in [-0.05, 0) is 25.2 Å². The highest BCUT2D eigenvalue weighted by Crippen LogP contribution is 2.24. The van der Waals surface area contributed by atoms with Crippen molar-refractivity contribution in [3.05, 3.63) is 0 Å². The molecule has 0 aliphatic rings. The van der Waals surface area contributed by atoms with E-state index in [0.29, 0.717) is 6.42 Å². The average Bonchev–Trinajstić information content (AvgIpc) is 1.80. The number of halogens is 1. The zero-order chi connectivity index (χ0) is 9.07. The fraction of sp³-hybridized carbons (Fsp3) is 1.00. The van der Waals surface area contributed by atoms with Crippen LogP contribution in [0.15, 0.2) is 0 Å². The van der Waals surface area contributed by atoms with E-state index in [4.69, 9.17) is 11.6 Å². The largest absolute Gasteiger partial charge is 0.233 e. The van der Waals surface area contributed by atoms with Crippen molar-refractivity contribution in [2.45, 2.75) is 52.0 Å². The minimum Gasteiger partial charge on any atom is -0.233 e. The lowest BCUT2D eigenvalue weighted by Gasteiger charge is -2.23. The lowest BCUT2D eigenvalue weighted by atomic mass is 9.86. The van der Waals surface area contributed by atoms with Gasteiger partial charge in [0, 0.05) is 5.38 Å². The molecule has 0 fully saturated rings. The fourth-order valence-corrected chi connectivity index (χ4v) is 0.940. The predicted octanol–water partition coefficient (Wildman–Crippen LogP) is 3.24. The summed E-state index contributed by atoms with van der Waals surface area (Å²) in [6, 6.07) is 0. The molecule has 0 spiro atoms. The van der Waals surface area contributed by atoms with Crippen LogP contribution < -0.4 is 0 Å². The molecule has 0 saturated carbocycles. The Morgan fingerprint density at radius 2 is 1.73 bits per heavy atom. The summed E-state index contributed by atoms with van der Waals surface area (Å²) in [5.74, 6) is 0. The highest BCUT2D eigenvalue weighted by Gasteiger charge is 2.23. The third-order valence-electron chi connectivity index (χ3n) is 1.79. The lowest BCUT2D eigenvalue weighted by Crippen LogP contribution is -2.25. The van der Waals surface area contributed by atoms with Crippen molar-refractivity contribution in [3.63, 3.8) is 0 Å². The number of alkyl halides is 1. The van der Waals surface area contributed by atoms with Crippen molar-refractivity contribution in [1.82, 2.24) is 0 Å². The van der Waals surface area contributed by atoms with E-state index in [2.05, 4.69) is 0 Å². The SMILES string of the molecule is CC(Cl)CCC([O])C(C)(C)C. The maximum atomic E-state index is 11.4. The Bertz CT molecular complexity index is 105. The highest BCUT2D eigenvalue weighted by molar-refractivity contribution is 6.20. The van der Waals surface area contributed by atoms with Gasteiger partial charge in [0.25, 0.3) is 0 Å². The van der Waals surface area contributed by atoms with Gasteiger partial charge in [-0.15, -0.1) is 11.6 Å². The van der Waals surface area contributed by atoms with Crippen molar-refractivity contribution < 1.29 is 5.11 Å². The van der Waals surface area contributed by atoms with Gasteiger partial charge in [-0.3, -0.25) is 0 Å². The van der Waals surface area contributed by atoms with Gasteiger partial charge < -0.3 is 0 Å². The van der Waals surface area contributed by atoms with Gasteiger partial charge in [-0.2, -0.15) is 0 Å². The van der Waals surface area contributed by atoms with Crippen molar-refractivity contribution in [1.29, 1.82) is 0 Å². The molecule has 0 N–H and O–H groups in total. The third kappa shape index (κ3) is 5.51. The molecule has 0 bridgehead atoms. The summed E-state index contributed by atoms with van der Waals surface area (Å²) in [5, 5.41) is 11.5. The molecule has 0 amide bonds. The molecule has 0 aromatic heterocycles. The molecule has 1 nitrogen and oxygen atoms in total. The first kappa shape index (κ1) is 11.2. The van der Waals surface area contributed by atoms with Gasteiger partial charge in [0.05, 0.1) is 6.10 Å². The molecule has 0 saturated heterocycles. The molecule has 11 heavy (non-hydrogen) atoms. The summed E-state index contributed by atoms with van der Waals surface area (Å²) in [5.41, 5.74) is -0.119. The molecule has 0 aromatic carbocycles. The molecule has 0 rings (SSSR count). The Hall–Kier alpha value is 0.250. The van der Waals surface area contributed by atoms with E-state index < -0.39 is 6.10 Å². The van der Waals surface area contributed by atoms with Crippen LogP contribution in [0.1, 0.15) is 40.5 Å². The summed E-state index contributed by atoms with van der Waals surface area (Å²) >= 11 is 5.73. The third-order valence-corrected chi connectivity index (χ3v) is 2.01. The number of hydrogen-bond acceptors (Lipinski definition) is 0. The first-order valence-corrected chi connectivity index (χ1v) is 4.57. The Balaban J connectivity index is 3.61. The summed E-state index contributed by atoms with van der Waals surface area (Å²) < 4.78 is 0. The summed E-state index contributed by atoms with van der Waals surface area (Å²) in [4.78, 5) is 0. The predicted molar refractivity (Wildman–Crippen MR) is 48.5 cm³/mol. The highest BCUT2D eigenvalue weighted by atomic mass is 35.5. The van der Waals surface area contributed by atoms with Crippen molar-refractivity contribution in [3.8, 4) is 0 Å². The van der Waals surface area contributed by atoms with Crippen LogP contribution in [-0.4, -0.2) is 11.5 Å². The maximum Gasteiger partial charge on any atom is 0.0978 e. The van der Waals surface area contributed by atoms with E-state index in [1.807, 2.05) is 27.7 Å². The molecule has 1 radical (unpaired) electrons. The molecule has 2 atom stereocenters. The topological polar surface area (TPSA) is 19.9 Å². The number of hydrogen-bond donors (Lipinski definition) is 0.